The Hall–Kier alpha value is -1.94. The third kappa shape index (κ3) is 7.42. The lowest BCUT2D eigenvalue weighted by atomic mass is 10.2. The van der Waals surface area contributed by atoms with Crippen molar-refractivity contribution in [2.24, 2.45) is 10.2 Å². The van der Waals surface area contributed by atoms with Crippen LogP contribution < -0.4 is 0 Å². The summed E-state index contributed by atoms with van der Waals surface area (Å²) in [7, 11) is 0. The van der Waals surface area contributed by atoms with Gasteiger partial charge in [-0.2, -0.15) is 10.2 Å². The predicted molar refractivity (Wildman–Crippen MR) is 92.0 cm³/mol. The molecule has 0 amide bonds. The minimum absolute atomic E-state index is 0.878. The molecule has 2 rings (SSSR count). The van der Waals surface area contributed by atoms with Gasteiger partial charge in [0, 0.05) is 4.90 Å². The Kier molecular flexibility index (Phi) is 10.8. The maximum Gasteiger partial charge on any atom is 0.106 e. The Morgan fingerprint density at radius 1 is 0.810 bits per heavy atom. The van der Waals surface area contributed by atoms with E-state index in [2.05, 4.69) is 23.4 Å². The molecule has 0 unspecified atom stereocenters. The summed E-state index contributed by atoms with van der Waals surface area (Å²) in [6.45, 7) is 8.06. The molecule has 0 atom stereocenters. The van der Waals surface area contributed by atoms with Crippen LogP contribution in [0, 0.1) is 6.92 Å². The molecule has 0 aromatic heterocycles. The molecule has 0 spiro atoms. The number of carbonyl (C=O) groups excluding carboxylic acids is 1. The minimum Gasteiger partial charge on any atom is -0.307 e. The van der Waals surface area contributed by atoms with E-state index in [4.69, 9.17) is 4.79 Å². The molecule has 0 aliphatic rings. The van der Waals surface area contributed by atoms with E-state index in [0.717, 1.165) is 11.4 Å². The standard InChI is InChI=1S/C14H14N2S.C2H6.CH2O/c1-11-3-5-12(6-4-11)15-16-13-7-9-14(17-2)10-8-13;2*1-2/h3-10H,1-2H3;1-2H3;1H2. The molecule has 0 saturated heterocycles. The van der Waals surface area contributed by atoms with Gasteiger partial charge < -0.3 is 4.79 Å². The molecule has 0 aliphatic carbocycles. The van der Waals surface area contributed by atoms with Crippen LogP contribution in [-0.2, 0) is 4.79 Å². The zero-order valence-corrected chi connectivity index (χ0v) is 13.9. The highest BCUT2D eigenvalue weighted by Gasteiger charge is 1.92. The van der Waals surface area contributed by atoms with E-state index in [1.54, 1.807) is 11.8 Å². The summed E-state index contributed by atoms with van der Waals surface area (Å²) in [5.74, 6) is 0. The second-order valence-electron chi connectivity index (χ2n) is 3.73. The molecule has 0 bridgehead atoms. The highest BCUT2D eigenvalue weighted by Crippen LogP contribution is 2.21. The number of rotatable bonds is 3. The van der Waals surface area contributed by atoms with Crippen molar-refractivity contribution in [3.05, 3.63) is 54.1 Å². The number of carbonyl (C=O) groups is 1. The first-order valence-corrected chi connectivity index (χ1v) is 7.92. The molecule has 112 valence electrons. The maximum atomic E-state index is 8.00. The van der Waals surface area contributed by atoms with Crippen LogP contribution in [0.4, 0.5) is 11.4 Å². The van der Waals surface area contributed by atoms with Crippen molar-refractivity contribution in [3.63, 3.8) is 0 Å². The van der Waals surface area contributed by atoms with Gasteiger partial charge in [0.1, 0.15) is 6.79 Å². The van der Waals surface area contributed by atoms with Crippen LogP contribution in [0.2, 0.25) is 0 Å². The Morgan fingerprint density at radius 3 is 1.57 bits per heavy atom. The molecular formula is C17H22N2OS. The van der Waals surface area contributed by atoms with Crippen molar-refractivity contribution in [2.45, 2.75) is 25.7 Å². The molecule has 21 heavy (non-hydrogen) atoms. The highest BCUT2D eigenvalue weighted by molar-refractivity contribution is 7.98. The largest absolute Gasteiger partial charge is 0.307 e. The smallest absolute Gasteiger partial charge is 0.106 e. The number of benzene rings is 2. The molecule has 0 fully saturated rings. The van der Waals surface area contributed by atoms with Crippen LogP contribution in [0.15, 0.2) is 63.7 Å². The number of thioether (sulfide) groups is 1. The summed E-state index contributed by atoms with van der Waals surface area (Å²) < 4.78 is 0. The summed E-state index contributed by atoms with van der Waals surface area (Å²) in [6, 6.07) is 16.1. The molecule has 0 saturated carbocycles. The monoisotopic (exact) mass is 302 g/mol. The summed E-state index contributed by atoms with van der Waals surface area (Å²) in [5, 5.41) is 8.39. The van der Waals surface area contributed by atoms with Gasteiger partial charge >= 0.3 is 0 Å². The van der Waals surface area contributed by atoms with Gasteiger partial charge in [-0.1, -0.05) is 31.5 Å². The van der Waals surface area contributed by atoms with E-state index in [1.807, 2.05) is 69.2 Å². The van der Waals surface area contributed by atoms with Crippen LogP contribution in [0.1, 0.15) is 19.4 Å². The Morgan fingerprint density at radius 2 is 1.19 bits per heavy atom. The van der Waals surface area contributed by atoms with E-state index in [9.17, 15) is 0 Å². The quantitative estimate of drug-likeness (QED) is 0.517. The van der Waals surface area contributed by atoms with Crippen LogP contribution in [-0.4, -0.2) is 13.0 Å². The van der Waals surface area contributed by atoms with E-state index in [-0.39, 0.29) is 0 Å². The fraction of sp³-hybridized carbons (Fsp3) is 0.235. The van der Waals surface area contributed by atoms with Gasteiger partial charge in [0.15, 0.2) is 0 Å². The number of nitrogens with zero attached hydrogens (tertiary/aromatic N) is 2. The summed E-state index contributed by atoms with van der Waals surface area (Å²) in [6.07, 6.45) is 2.06. The van der Waals surface area contributed by atoms with Crippen molar-refractivity contribution in [2.75, 3.05) is 6.26 Å². The Labute approximate surface area is 131 Å². The molecule has 0 radical (unpaired) electrons. The molecule has 4 heteroatoms. The molecule has 2 aromatic carbocycles. The molecule has 0 N–H and O–H groups in total. The van der Waals surface area contributed by atoms with Crippen molar-refractivity contribution in [3.8, 4) is 0 Å². The van der Waals surface area contributed by atoms with Crippen LogP contribution in [0.3, 0.4) is 0 Å². The van der Waals surface area contributed by atoms with Gasteiger partial charge in [-0.05, 0) is 49.6 Å². The molecule has 3 nitrogen and oxygen atoms in total. The van der Waals surface area contributed by atoms with Crippen LogP contribution >= 0.6 is 11.8 Å². The fourth-order valence-corrected chi connectivity index (χ4v) is 1.78. The summed E-state index contributed by atoms with van der Waals surface area (Å²) in [5.41, 5.74) is 2.99. The van der Waals surface area contributed by atoms with Crippen molar-refractivity contribution >= 4 is 29.9 Å². The van der Waals surface area contributed by atoms with E-state index < -0.39 is 0 Å². The SMILES string of the molecule is C=O.CC.CSc1ccc(N=Nc2ccc(C)cc2)cc1. The topological polar surface area (TPSA) is 41.8 Å². The second-order valence-corrected chi connectivity index (χ2v) is 4.61. The lowest BCUT2D eigenvalue weighted by Crippen LogP contribution is -1.69. The Bertz CT molecular complexity index is 521. The number of hydrogen-bond donors (Lipinski definition) is 0. The zero-order valence-electron chi connectivity index (χ0n) is 13.0. The second kappa shape index (κ2) is 11.9. The summed E-state index contributed by atoms with van der Waals surface area (Å²) in [4.78, 5) is 9.24. The summed E-state index contributed by atoms with van der Waals surface area (Å²) >= 11 is 1.72. The molecule has 0 heterocycles. The molecule has 2 aromatic rings. The first-order valence-electron chi connectivity index (χ1n) is 6.69. The van der Waals surface area contributed by atoms with Gasteiger partial charge in [-0.25, -0.2) is 0 Å². The number of azo groups is 1. The highest BCUT2D eigenvalue weighted by atomic mass is 32.2. The van der Waals surface area contributed by atoms with Crippen molar-refractivity contribution < 1.29 is 4.79 Å². The molecule has 0 aliphatic heterocycles. The number of hydrogen-bond acceptors (Lipinski definition) is 4. The Balaban J connectivity index is 0.000000921. The van der Waals surface area contributed by atoms with E-state index in [1.165, 1.54) is 10.5 Å². The lowest BCUT2D eigenvalue weighted by molar-refractivity contribution is -0.0979. The third-order valence-electron chi connectivity index (χ3n) is 2.39. The zero-order chi connectivity index (χ0) is 16.1. The fourth-order valence-electron chi connectivity index (χ4n) is 1.38. The van der Waals surface area contributed by atoms with Crippen LogP contribution in [0.5, 0.6) is 0 Å². The van der Waals surface area contributed by atoms with Crippen LogP contribution in [0.25, 0.3) is 0 Å². The predicted octanol–water partition coefficient (Wildman–Crippen LogP) is 5.97. The lowest BCUT2D eigenvalue weighted by Gasteiger charge is -1.96. The average Bonchev–Trinajstić information content (AvgIpc) is 2.58. The normalized spacial score (nSPS) is 9.33. The van der Waals surface area contributed by atoms with Crippen molar-refractivity contribution in [1.82, 2.24) is 0 Å². The third-order valence-corrected chi connectivity index (χ3v) is 3.13. The first kappa shape index (κ1) is 19.1. The maximum absolute atomic E-state index is 8.00. The average molecular weight is 302 g/mol. The first-order chi connectivity index (χ1) is 10.3. The van der Waals surface area contributed by atoms with E-state index in [0.29, 0.717) is 0 Å². The minimum atomic E-state index is 0.878. The van der Waals surface area contributed by atoms with Gasteiger partial charge in [-0.3, -0.25) is 0 Å². The van der Waals surface area contributed by atoms with Crippen molar-refractivity contribution in [1.29, 1.82) is 0 Å². The van der Waals surface area contributed by atoms with Gasteiger partial charge in [0.05, 0.1) is 11.4 Å². The van der Waals surface area contributed by atoms with Gasteiger partial charge in [0.25, 0.3) is 0 Å². The molecular weight excluding hydrogens is 280 g/mol. The number of aryl methyl sites for hydroxylation is 1. The van der Waals surface area contributed by atoms with Gasteiger partial charge in [0.2, 0.25) is 0 Å². The van der Waals surface area contributed by atoms with E-state index >= 15 is 0 Å². The van der Waals surface area contributed by atoms with Gasteiger partial charge in [-0.15, -0.1) is 11.8 Å².